The molecule has 0 saturated heterocycles. The van der Waals surface area contributed by atoms with Gasteiger partial charge in [0.2, 0.25) is 0 Å². The molecule has 0 radical (unpaired) electrons. The molecule has 0 unspecified atom stereocenters. The number of aryl methyl sites for hydroxylation is 1. The fourth-order valence-electron chi connectivity index (χ4n) is 2.08. The first-order valence-electron chi connectivity index (χ1n) is 6.72. The number of anilines is 1. The molecule has 3 aromatic rings. The van der Waals surface area contributed by atoms with Crippen LogP contribution in [0.2, 0.25) is 5.02 Å². The molecule has 1 N–H and O–H groups in total. The predicted octanol–water partition coefficient (Wildman–Crippen LogP) is 5.02. The van der Waals surface area contributed by atoms with Crippen molar-refractivity contribution in [2.75, 3.05) is 5.32 Å². The van der Waals surface area contributed by atoms with Crippen molar-refractivity contribution in [3.63, 3.8) is 0 Å². The van der Waals surface area contributed by atoms with E-state index in [0.29, 0.717) is 22.0 Å². The van der Waals surface area contributed by atoms with Gasteiger partial charge in [0, 0.05) is 21.8 Å². The smallest absolute Gasteiger partial charge is 0.257 e. The number of aromatic nitrogens is 1. The second-order valence-corrected chi connectivity index (χ2v) is 6.50. The van der Waals surface area contributed by atoms with Crippen molar-refractivity contribution in [3.05, 3.63) is 70.2 Å². The van der Waals surface area contributed by atoms with Gasteiger partial charge < -0.3 is 5.32 Å². The minimum atomic E-state index is -0.184. The summed E-state index contributed by atoms with van der Waals surface area (Å²) in [6, 6.07) is 14.6. The van der Waals surface area contributed by atoms with Crippen molar-refractivity contribution >= 4 is 34.5 Å². The summed E-state index contributed by atoms with van der Waals surface area (Å²) in [6.07, 6.45) is 1.70. The second kappa shape index (κ2) is 6.30. The standard InChI is InChI=1S/C17H13ClN2OS/c1-11-4-9-15(22-11)16-14(3-2-10-19-16)17(21)20-13-7-5-12(18)6-8-13/h2-10H,1H3,(H,20,21). The maximum atomic E-state index is 12.5. The maximum absolute atomic E-state index is 12.5. The highest BCUT2D eigenvalue weighted by Crippen LogP contribution is 2.29. The van der Waals surface area contributed by atoms with Crippen LogP contribution in [0.25, 0.3) is 10.6 Å². The van der Waals surface area contributed by atoms with E-state index < -0.39 is 0 Å². The summed E-state index contributed by atoms with van der Waals surface area (Å²) in [7, 11) is 0. The van der Waals surface area contributed by atoms with E-state index in [2.05, 4.69) is 10.3 Å². The average molecular weight is 329 g/mol. The molecule has 2 heterocycles. The maximum Gasteiger partial charge on any atom is 0.257 e. The molecule has 22 heavy (non-hydrogen) atoms. The van der Waals surface area contributed by atoms with E-state index in [1.54, 1.807) is 53.9 Å². The molecular formula is C17H13ClN2OS. The van der Waals surface area contributed by atoms with Gasteiger partial charge >= 0.3 is 0 Å². The summed E-state index contributed by atoms with van der Waals surface area (Å²) in [4.78, 5) is 19.1. The summed E-state index contributed by atoms with van der Waals surface area (Å²) < 4.78 is 0. The summed E-state index contributed by atoms with van der Waals surface area (Å²) >= 11 is 7.47. The Morgan fingerprint density at radius 2 is 1.91 bits per heavy atom. The first-order chi connectivity index (χ1) is 10.6. The van der Waals surface area contributed by atoms with Crippen LogP contribution in [-0.4, -0.2) is 10.9 Å². The Kier molecular flexibility index (Phi) is 4.22. The summed E-state index contributed by atoms with van der Waals surface area (Å²) in [5.74, 6) is -0.184. The Morgan fingerprint density at radius 3 is 2.59 bits per heavy atom. The third-order valence-electron chi connectivity index (χ3n) is 3.13. The monoisotopic (exact) mass is 328 g/mol. The first-order valence-corrected chi connectivity index (χ1v) is 7.92. The molecule has 3 nitrogen and oxygen atoms in total. The third kappa shape index (κ3) is 3.18. The summed E-state index contributed by atoms with van der Waals surface area (Å²) in [6.45, 7) is 2.03. The van der Waals surface area contributed by atoms with Crippen LogP contribution < -0.4 is 5.32 Å². The van der Waals surface area contributed by atoms with Gasteiger partial charge in [-0.1, -0.05) is 11.6 Å². The van der Waals surface area contributed by atoms with Gasteiger partial charge in [-0.2, -0.15) is 0 Å². The van der Waals surface area contributed by atoms with Gasteiger partial charge in [0.25, 0.3) is 5.91 Å². The Balaban J connectivity index is 1.91. The number of halogens is 1. The molecule has 0 aliphatic carbocycles. The molecule has 0 atom stereocenters. The zero-order valence-corrected chi connectivity index (χ0v) is 13.4. The van der Waals surface area contributed by atoms with Crippen molar-refractivity contribution < 1.29 is 4.79 Å². The Morgan fingerprint density at radius 1 is 1.14 bits per heavy atom. The number of amides is 1. The molecule has 0 spiro atoms. The lowest BCUT2D eigenvalue weighted by Gasteiger charge is -2.08. The number of hydrogen-bond acceptors (Lipinski definition) is 3. The van der Waals surface area contributed by atoms with Crippen molar-refractivity contribution in [2.45, 2.75) is 6.92 Å². The number of carbonyl (C=O) groups is 1. The molecule has 0 saturated carbocycles. The van der Waals surface area contributed by atoms with Crippen LogP contribution in [0, 0.1) is 6.92 Å². The van der Waals surface area contributed by atoms with Crippen LogP contribution in [0.1, 0.15) is 15.2 Å². The van der Waals surface area contributed by atoms with Gasteiger partial charge in [0.15, 0.2) is 0 Å². The van der Waals surface area contributed by atoms with Crippen LogP contribution in [0.15, 0.2) is 54.7 Å². The number of nitrogens with zero attached hydrogens (tertiary/aromatic N) is 1. The van der Waals surface area contributed by atoms with E-state index in [1.807, 2.05) is 19.1 Å². The molecule has 0 aliphatic rings. The minimum absolute atomic E-state index is 0.184. The normalized spacial score (nSPS) is 10.5. The van der Waals surface area contributed by atoms with Gasteiger partial charge in [-0.15, -0.1) is 11.3 Å². The number of pyridine rings is 1. The number of thiophene rings is 1. The van der Waals surface area contributed by atoms with Crippen LogP contribution in [0.4, 0.5) is 5.69 Å². The highest BCUT2D eigenvalue weighted by molar-refractivity contribution is 7.15. The van der Waals surface area contributed by atoms with Crippen LogP contribution in [-0.2, 0) is 0 Å². The van der Waals surface area contributed by atoms with Crippen LogP contribution in [0.5, 0.6) is 0 Å². The zero-order valence-electron chi connectivity index (χ0n) is 11.8. The number of carbonyl (C=O) groups excluding carboxylic acids is 1. The van der Waals surface area contributed by atoms with Crippen LogP contribution >= 0.6 is 22.9 Å². The van der Waals surface area contributed by atoms with Gasteiger partial charge in [-0.25, -0.2) is 0 Å². The average Bonchev–Trinajstić information content (AvgIpc) is 2.96. The Hall–Kier alpha value is -2.17. The van der Waals surface area contributed by atoms with Crippen molar-refractivity contribution in [3.8, 4) is 10.6 Å². The fourth-order valence-corrected chi connectivity index (χ4v) is 3.08. The number of hydrogen-bond donors (Lipinski definition) is 1. The third-order valence-corrected chi connectivity index (χ3v) is 4.39. The van der Waals surface area contributed by atoms with E-state index in [0.717, 1.165) is 4.88 Å². The molecule has 1 amide bonds. The molecule has 0 bridgehead atoms. The second-order valence-electron chi connectivity index (χ2n) is 4.77. The molecule has 5 heteroatoms. The topological polar surface area (TPSA) is 42.0 Å². The zero-order chi connectivity index (χ0) is 15.5. The number of rotatable bonds is 3. The summed E-state index contributed by atoms with van der Waals surface area (Å²) in [5, 5.41) is 3.50. The highest BCUT2D eigenvalue weighted by atomic mass is 35.5. The molecule has 0 fully saturated rings. The van der Waals surface area contributed by atoms with E-state index in [1.165, 1.54) is 4.88 Å². The Labute approximate surface area is 137 Å². The number of nitrogens with one attached hydrogen (secondary N) is 1. The molecule has 2 aromatic heterocycles. The largest absolute Gasteiger partial charge is 0.322 e. The van der Waals surface area contributed by atoms with E-state index in [-0.39, 0.29) is 5.91 Å². The lowest BCUT2D eigenvalue weighted by Crippen LogP contribution is -2.13. The van der Waals surface area contributed by atoms with Crippen LogP contribution in [0.3, 0.4) is 0 Å². The molecule has 0 aliphatic heterocycles. The SMILES string of the molecule is Cc1ccc(-c2ncccc2C(=O)Nc2ccc(Cl)cc2)s1. The lowest BCUT2D eigenvalue weighted by atomic mass is 10.1. The minimum Gasteiger partial charge on any atom is -0.322 e. The van der Waals surface area contributed by atoms with Gasteiger partial charge in [0.1, 0.15) is 0 Å². The number of benzene rings is 1. The lowest BCUT2D eigenvalue weighted by molar-refractivity contribution is 0.102. The van der Waals surface area contributed by atoms with Gasteiger partial charge in [-0.3, -0.25) is 9.78 Å². The molecule has 3 rings (SSSR count). The molecule has 1 aromatic carbocycles. The van der Waals surface area contributed by atoms with Gasteiger partial charge in [0.05, 0.1) is 16.1 Å². The van der Waals surface area contributed by atoms with Gasteiger partial charge in [-0.05, 0) is 55.5 Å². The quantitative estimate of drug-likeness (QED) is 0.733. The summed E-state index contributed by atoms with van der Waals surface area (Å²) in [5.41, 5.74) is 1.96. The highest BCUT2D eigenvalue weighted by Gasteiger charge is 2.15. The van der Waals surface area contributed by atoms with Crippen molar-refractivity contribution in [1.82, 2.24) is 4.98 Å². The van der Waals surface area contributed by atoms with Crippen molar-refractivity contribution in [1.29, 1.82) is 0 Å². The van der Waals surface area contributed by atoms with E-state index in [9.17, 15) is 4.79 Å². The van der Waals surface area contributed by atoms with E-state index >= 15 is 0 Å². The first kappa shape index (κ1) is 14.8. The van der Waals surface area contributed by atoms with Crippen molar-refractivity contribution in [2.24, 2.45) is 0 Å². The molecule has 110 valence electrons. The predicted molar refractivity (Wildman–Crippen MR) is 91.7 cm³/mol. The van der Waals surface area contributed by atoms with E-state index in [4.69, 9.17) is 11.6 Å². The molecular weight excluding hydrogens is 316 g/mol. The fraction of sp³-hybridized carbons (Fsp3) is 0.0588. The Bertz CT molecular complexity index is 812.